The number of benzene rings is 2. The van der Waals surface area contributed by atoms with Crippen molar-refractivity contribution in [2.75, 3.05) is 0 Å². The Morgan fingerprint density at radius 1 is 0.971 bits per heavy atom. The van der Waals surface area contributed by atoms with Gasteiger partial charge in [0, 0.05) is 23.5 Å². The highest BCUT2D eigenvalue weighted by molar-refractivity contribution is 5.92. The van der Waals surface area contributed by atoms with Gasteiger partial charge >= 0.3 is 5.97 Å². The number of rotatable bonds is 11. The van der Waals surface area contributed by atoms with Crippen LogP contribution in [0, 0.1) is 5.92 Å². The quantitative estimate of drug-likeness (QED) is 0.297. The molecule has 0 aliphatic carbocycles. The summed E-state index contributed by atoms with van der Waals surface area (Å²) in [5, 5.41) is 16.0. The van der Waals surface area contributed by atoms with E-state index in [1.807, 2.05) is 62.5 Å². The van der Waals surface area contributed by atoms with Crippen molar-refractivity contribution in [3.8, 4) is 0 Å². The highest BCUT2D eigenvalue weighted by atomic mass is 16.4. The molecule has 3 aromatic rings. The maximum absolute atomic E-state index is 13.1. The summed E-state index contributed by atoms with van der Waals surface area (Å²) in [4.78, 5) is 40.9. The molecule has 1 aromatic heterocycles. The molecule has 2 amide bonds. The lowest BCUT2D eigenvalue weighted by atomic mass is 9.96. The molecule has 0 saturated heterocycles. The summed E-state index contributed by atoms with van der Waals surface area (Å²) in [7, 11) is 0. The monoisotopic (exact) mass is 464 g/mol. The van der Waals surface area contributed by atoms with E-state index in [-0.39, 0.29) is 12.3 Å². The average Bonchev–Trinajstić information content (AvgIpc) is 3.24. The summed E-state index contributed by atoms with van der Waals surface area (Å²) < 4.78 is 0. The first-order valence-corrected chi connectivity index (χ1v) is 11.5. The lowest BCUT2D eigenvalue weighted by Crippen LogP contribution is -2.57. The van der Waals surface area contributed by atoms with Crippen molar-refractivity contribution < 1.29 is 19.5 Å². The first kappa shape index (κ1) is 25.0. The summed E-state index contributed by atoms with van der Waals surface area (Å²) in [6, 6.07) is 13.9. The zero-order valence-corrected chi connectivity index (χ0v) is 19.5. The molecule has 34 heavy (non-hydrogen) atoms. The average molecular weight is 465 g/mol. The summed E-state index contributed by atoms with van der Waals surface area (Å²) in [6.07, 6.45) is 2.89. The van der Waals surface area contributed by atoms with Crippen LogP contribution < -0.4 is 16.4 Å². The molecule has 0 bridgehead atoms. The molecule has 2 aromatic carbocycles. The van der Waals surface area contributed by atoms with Crippen LogP contribution in [0.2, 0.25) is 0 Å². The summed E-state index contributed by atoms with van der Waals surface area (Å²) in [6.45, 7) is 3.74. The van der Waals surface area contributed by atoms with Crippen molar-refractivity contribution in [2.24, 2.45) is 11.7 Å². The highest BCUT2D eigenvalue weighted by Gasteiger charge is 2.31. The minimum absolute atomic E-state index is 0.142. The summed E-state index contributed by atoms with van der Waals surface area (Å²) in [5.74, 6) is -2.34. The number of carboxylic acids is 1. The molecule has 4 atom stereocenters. The zero-order chi connectivity index (χ0) is 24.7. The standard InChI is InChI=1S/C26H32N4O4/c1-3-16(2)23(25(32)29-22(26(33)34)13-17-9-5-4-6-10-17)30-24(31)20(27)14-18-15-28-21-12-8-7-11-19(18)21/h4-12,15-16,20,22-23,28H,3,13-14,27H2,1-2H3,(H,29,32)(H,30,31)(H,33,34). The molecule has 6 N–H and O–H groups in total. The predicted octanol–water partition coefficient (Wildman–Crippen LogP) is 2.38. The van der Waals surface area contributed by atoms with Crippen molar-refractivity contribution in [1.29, 1.82) is 0 Å². The number of hydrogen-bond acceptors (Lipinski definition) is 4. The van der Waals surface area contributed by atoms with Gasteiger partial charge in [-0.3, -0.25) is 9.59 Å². The first-order valence-electron chi connectivity index (χ1n) is 11.5. The van der Waals surface area contributed by atoms with Crippen molar-refractivity contribution in [3.05, 3.63) is 71.9 Å². The number of hydrogen-bond donors (Lipinski definition) is 5. The first-order chi connectivity index (χ1) is 16.3. The van der Waals surface area contributed by atoms with E-state index in [1.165, 1.54) is 0 Å². The molecule has 8 nitrogen and oxygen atoms in total. The number of H-pyrrole nitrogens is 1. The molecule has 0 aliphatic heterocycles. The number of aromatic amines is 1. The minimum atomic E-state index is -1.14. The number of carboxylic acid groups (broad SMARTS) is 1. The lowest BCUT2D eigenvalue weighted by molar-refractivity contribution is -0.142. The molecule has 0 radical (unpaired) electrons. The number of nitrogens with one attached hydrogen (secondary N) is 3. The van der Waals surface area contributed by atoms with Gasteiger partial charge in [-0.05, 0) is 29.5 Å². The van der Waals surface area contributed by atoms with Crippen LogP contribution in [0.4, 0.5) is 0 Å². The molecule has 0 aliphatic rings. The molecule has 1 heterocycles. The van der Waals surface area contributed by atoms with Crippen LogP contribution in [-0.2, 0) is 27.2 Å². The normalized spacial score (nSPS) is 14.7. The molecule has 0 fully saturated rings. The molecular weight excluding hydrogens is 432 g/mol. The minimum Gasteiger partial charge on any atom is -0.480 e. The van der Waals surface area contributed by atoms with Crippen LogP contribution in [0.15, 0.2) is 60.8 Å². The SMILES string of the molecule is CCC(C)C(NC(=O)C(N)Cc1c[nH]c2ccccc12)C(=O)NC(Cc1ccccc1)C(=O)O. The summed E-state index contributed by atoms with van der Waals surface area (Å²) >= 11 is 0. The Labute approximate surface area is 198 Å². The number of carbonyl (C=O) groups is 3. The van der Waals surface area contributed by atoms with E-state index in [4.69, 9.17) is 5.73 Å². The smallest absolute Gasteiger partial charge is 0.326 e. The van der Waals surface area contributed by atoms with Crippen molar-refractivity contribution in [2.45, 2.75) is 51.2 Å². The molecule has 0 spiro atoms. The van der Waals surface area contributed by atoms with Gasteiger partial charge in [0.15, 0.2) is 0 Å². The van der Waals surface area contributed by atoms with Gasteiger partial charge in [0.25, 0.3) is 0 Å². The number of carbonyl (C=O) groups excluding carboxylic acids is 2. The van der Waals surface area contributed by atoms with Crippen molar-refractivity contribution in [3.63, 3.8) is 0 Å². The topological polar surface area (TPSA) is 137 Å². The molecule has 0 saturated carbocycles. The highest BCUT2D eigenvalue weighted by Crippen LogP contribution is 2.19. The van der Waals surface area contributed by atoms with Gasteiger partial charge in [0.05, 0.1) is 6.04 Å². The van der Waals surface area contributed by atoms with Crippen molar-refractivity contribution in [1.82, 2.24) is 15.6 Å². The number of aromatic nitrogens is 1. The zero-order valence-electron chi connectivity index (χ0n) is 19.5. The van der Waals surface area contributed by atoms with Crippen LogP contribution in [0.3, 0.4) is 0 Å². The molecular formula is C26H32N4O4. The van der Waals surface area contributed by atoms with Crippen LogP contribution in [-0.4, -0.2) is 46.0 Å². The third-order valence-corrected chi connectivity index (χ3v) is 6.14. The fourth-order valence-corrected chi connectivity index (χ4v) is 3.90. The van der Waals surface area contributed by atoms with E-state index in [1.54, 1.807) is 12.1 Å². The fraction of sp³-hybridized carbons (Fsp3) is 0.346. The Balaban J connectivity index is 1.68. The maximum Gasteiger partial charge on any atom is 0.326 e. The second-order valence-corrected chi connectivity index (χ2v) is 8.63. The van der Waals surface area contributed by atoms with Gasteiger partial charge in [-0.2, -0.15) is 0 Å². The lowest BCUT2D eigenvalue weighted by Gasteiger charge is -2.26. The van der Waals surface area contributed by atoms with Gasteiger partial charge < -0.3 is 26.5 Å². The number of fused-ring (bicyclic) bond motifs is 1. The Hall–Kier alpha value is -3.65. The van der Waals surface area contributed by atoms with Gasteiger partial charge in [-0.1, -0.05) is 68.8 Å². The van der Waals surface area contributed by atoms with Gasteiger partial charge in [-0.25, -0.2) is 4.79 Å². The largest absolute Gasteiger partial charge is 0.480 e. The number of para-hydroxylation sites is 1. The Morgan fingerprint density at radius 2 is 1.65 bits per heavy atom. The Morgan fingerprint density at radius 3 is 2.32 bits per heavy atom. The number of nitrogens with two attached hydrogens (primary N) is 1. The third kappa shape index (κ3) is 6.23. The number of amides is 2. The van der Waals surface area contributed by atoms with Gasteiger partial charge in [0.2, 0.25) is 11.8 Å². The Bertz CT molecular complexity index is 1130. The predicted molar refractivity (Wildman–Crippen MR) is 131 cm³/mol. The fourth-order valence-electron chi connectivity index (χ4n) is 3.90. The van der Waals surface area contributed by atoms with Crippen LogP contribution in [0.5, 0.6) is 0 Å². The summed E-state index contributed by atoms with van der Waals surface area (Å²) in [5.41, 5.74) is 8.85. The molecule has 3 rings (SSSR count). The van der Waals surface area contributed by atoms with E-state index in [0.717, 1.165) is 22.0 Å². The second-order valence-electron chi connectivity index (χ2n) is 8.63. The van der Waals surface area contributed by atoms with Crippen LogP contribution in [0.1, 0.15) is 31.4 Å². The van der Waals surface area contributed by atoms with E-state index in [2.05, 4.69) is 15.6 Å². The second kappa shape index (κ2) is 11.5. The molecule has 4 unspecified atom stereocenters. The van der Waals surface area contributed by atoms with Crippen LogP contribution >= 0.6 is 0 Å². The van der Waals surface area contributed by atoms with Gasteiger partial charge in [0.1, 0.15) is 12.1 Å². The molecule has 180 valence electrons. The van der Waals surface area contributed by atoms with Gasteiger partial charge in [-0.15, -0.1) is 0 Å². The third-order valence-electron chi connectivity index (χ3n) is 6.14. The molecule has 8 heteroatoms. The van der Waals surface area contributed by atoms with E-state index >= 15 is 0 Å². The van der Waals surface area contributed by atoms with E-state index in [0.29, 0.717) is 12.8 Å². The number of aliphatic carboxylic acids is 1. The van der Waals surface area contributed by atoms with E-state index < -0.39 is 35.9 Å². The van der Waals surface area contributed by atoms with E-state index in [9.17, 15) is 19.5 Å². The van der Waals surface area contributed by atoms with Crippen molar-refractivity contribution >= 4 is 28.7 Å². The van der Waals surface area contributed by atoms with Crippen LogP contribution in [0.25, 0.3) is 10.9 Å². The maximum atomic E-state index is 13.1. The Kier molecular flexibility index (Phi) is 8.43.